The number of hydrogen-bond donors (Lipinski definition) is 0. The summed E-state index contributed by atoms with van der Waals surface area (Å²) < 4.78 is 91.8. The number of nitrogens with zero attached hydrogens (tertiary/aromatic N) is 3. The molecule has 25 heteroatoms. The molecule has 0 radical (unpaired) electrons. The number of hydrogen-bond acceptors (Lipinski definition) is 24. The molecule has 0 unspecified atom stereocenters. The van der Waals surface area contributed by atoms with Crippen LogP contribution in [0, 0.1) is 0 Å². The number of ether oxygens (including phenoxy) is 17. The van der Waals surface area contributed by atoms with E-state index in [4.69, 9.17) is 80.5 Å². The minimum atomic E-state index is -0.487. The normalized spacial score (nSPS) is 11.6. The zero-order valence-corrected chi connectivity index (χ0v) is 47.2. The second-order valence-electron chi connectivity index (χ2n) is 17.0. The van der Waals surface area contributed by atoms with E-state index in [1.165, 1.54) is 11.0 Å². The van der Waals surface area contributed by atoms with E-state index in [1.54, 1.807) is 64.8 Å². The molecule has 2 aromatic carbocycles. The average molecular weight is 1140 g/mol. The molecule has 1 aliphatic heterocycles. The first-order valence-electron chi connectivity index (χ1n) is 26.8. The Hall–Kier alpha value is -5.55. The quantitative estimate of drug-likeness (QED) is 0.0396. The van der Waals surface area contributed by atoms with Gasteiger partial charge in [0.1, 0.15) is 26.4 Å². The van der Waals surface area contributed by atoms with Gasteiger partial charge in [0.2, 0.25) is 0 Å². The molecule has 2 aromatic rings. The SMILES string of the molecule is C=CC(=O)N1c2ccc(N(CCC(=O)OCCOCCOCCOC)CCC(=O)OCCOCCOCCOC)cc2Oc2cc(N(CCC(=O)OCCOCCOCCOC)CCC(=O)OCCOCCOCCOC)ccc21. The molecule has 1 amide bonds. The molecule has 25 nitrogen and oxygen atoms in total. The molecule has 452 valence electrons. The Bertz CT molecular complexity index is 1830. The molecule has 0 N–H and O–H groups in total. The van der Waals surface area contributed by atoms with Crippen LogP contribution >= 0.6 is 0 Å². The van der Waals surface area contributed by atoms with Gasteiger partial charge in [-0.1, -0.05) is 6.58 Å². The van der Waals surface area contributed by atoms with Gasteiger partial charge in [-0.05, 0) is 30.3 Å². The highest BCUT2D eigenvalue weighted by Crippen LogP contribution is 2.49. The van der Waals surface area contributed by atoms with Crippen molar-refractivity contribution in [2.75, 3.05) is 228 Å². The van der Waals surface area contributed by atoms with Crippen molar-refractivity contribution in [2.45, 2.75) is 25.7 Å². The van der Waals surface area contributed by atoms with E-state index in [2.05, 4.69) is 6.58 Å². The van der Waals surface area contributed by atoms with Crippen LogP contribution in [0.4, 0.5) is 22.7 Å². The average Bonchev–Trinajstić information content (AvgIpc) is 3.53. The fourth-order valence-electron chi connectivity index (χ4n) is 7.16. The van der Waals surface area contributed by atoms with Crippen LogP contribution in [0.2, 0.25) is 0 Å². The molecular weight excluding hydrogens is 1050 g/mol. The summed E-state index contributed by atoms with van der Waals surface area (Å²) in [6, 6.07) is 10.3. The Morgan fingerprint density at radius 3 is 0.900 bits per heavy atom. The summed E-state index contributed by atoms with van der Waals surface area (Å²) in [5, 5.41) is 0. The van der Waals surface area contributed by atoms with Crippen LogP contribution in [-0.4, -0.2) is 243 Å². The van der Waals surface area contributed by atoms with E-state index in [0.29, 0.717) is 128 Å². The largest absolute Gasteiger partial charge is 0.463 e. The van der Waals surface area contributed by atoms with Crippen molar-refractivity contribution < 1.29 is 104 Å². The van der Waals surface area contributed by atoms with E-state index in [1.807, 2.05) is 9.80 Å². The number of methoxy groups -OCH3 is 4. The topological polar surface area (TPSA) is 252 Å². The highest BCUT2D eigenvalue weighted by Gasteiger charge is 2.30. The maximum atomic E-state index is 13.7. The zero-order valence-electron chi connectivity index (χ0n) is 47.2. The first-order valence-corrected chi connectivity index (χ1v) is 26.8. The van der Waals surface area contributed by atoms with E-state index in [9.17, 15) is 24.0 Å². The van der Waals surface area contributed by atoms with Gasteiger partial charge in [-0.3, -0.25) is 28.9 Å². The predicted octanol–water partition coefficient (Wildman–Crippen LogP) is 3.71. The van der Waals surface area contributed by atoms with Crippen molar-refractivity contribution in [3.05, 3.63) is 49.1 Å². The Morgan fingerprint density at radius 2 is 0.650 bits per heavy atom. The van der Waals surface area contributed by atoms with Crippen molar-refractivity contribution in [3.63, 3.8) is 0 Å². The molecular formula is C55H85N3O22. The Kier molecular flexibility index (Phi) is 38.7. The fraction of sp³-hybridized carbons (Fsp3) is 0.655. The molecule has 0 spiro atoms. The van der Waals surface area contributed by atoms with Gasteiger partial charge in [-0.25, -0.2) is 0 Å². The molecule has 80 heavy (non-hydrogen) atoms. The number of carbonyl (C=O) groups excluding carboxylic acids is 5. The first-order chi connectivity index (χ1) is 39.1. The van der Waals surface area contributed by atoms with Crippen molar-refractivity contribution in [1.29, 1.82) is 0 Å². The smallest absolute Gasteiger partial charge is 0.307 e. The fourth-order valence-corrected chi connectivity index (χ4v) is 7.16. The van der Waals surface area contributed by atoms with Crippen LogP contribution in [0.15, 0.2) is 49.1 Å². The van der Waals surface area contributed by atoms with Gasteiger partial charge < -0.3 is 90.3 Å². The number of amides is 1. The molecule has 1 aliphatic rings. The van der Waals surface area contributed by atoms with E-state index in [-0.39, 0.29) is 116 Å². The molecule has 0 fully saturated rings. The maximum absolute atomic E-state index is 13.7. The standard InChI is InChI=1S/C55H85N3O22/c1-6-51(59)58-47-9-7-45(56(15-11-52(60)76-39-35-72-31-27-68-23-19-64-2)16-12-53(61)77-40-36-73-32-28-69-24-20-65-3)43-49(47)80-50-44-46(8-10-48(50)58)57(17-13-54(62)78-41-37-74-33-29-70-25-21-66-4)18-14-55(63)79-42-38-75-34-30-71-26-22-67-5/h6-10,43-44H,1,11-42H2,2-5H3. The lowest BCUT2D eigenvalue weighted by Crippen LogP contribution is -2.31. The molecule has 0 atom stereocenters. The monoisotopic (exact) mass is 1140 g/mol. The zero-order chi connectivity index (χ0) is 57.7. The maximum Gasteiger partial charge on any atom is 0.307 e. The van der Waals surface area contributed by atoms with Crippen molar-refractivity contribution in [2.24, 2.45) is 0 Å². The van der Waals surface area contributed by atoms with Crippen LogP contribution in [0.25, 0.3) is 0 Å². The van der Waals surface area contributed by atoms with Crippen LogP contribution in [0.3, 0.4) is 0 Å². The number of carbonyl (C=O) groups is 5. The molecule has 0 aliphatic carbocycles. The number of anilines is 4. The lowest BCUT2D eigenvalue weighted by Gasteiger charge is -2.33. The van der Waals surface area contributed by atoms with Gasteiger partial charge in [0.05, 0.1) is 169 Å². The summed E-state index contributed by atoms with van der Waals surface area (Å²) in [7, 11) is 6.35. The van der Waals surface area contributed by atoms with Gasteiger partial charge >= 0.3 is 23.9 Å². The number of rotatable bonds is 51. The van der Waals surface area contributed by atoms with Gasteiger partial charge in [-0.2, -0.15) is 0 Å². The van der Waals surface area contributed by atoms with Crippen LogP contribution in [-0.2, 0) is 99.8 Å². The second-order valence-corrected chi connectivity index (χ2v) is 17.0. The summed E-state index contributed by atoms with van der Waals surface area (Å²) in [5.74, 6) is -1.85. The van der Waals surface area contributed by atoms with Crippen LogP contribution < -0.4 is 19.4 Å². The number of esters is 4. The van der Waals surface area contributed by atoms with E-state index >= 15 is 0 Å². The lowest BCUT2D eigenvalue weighted by molar-refractivity contribution is -0.146. The van der Waals surface area contributed by atoms with Crippen molar-refractivity contribution in [3.8, 4) is 11.5 Å². The minimum Gasteiger partial charge on any atom is -0.463 e. The summed E-state index contributed by atoms with van der Waals surface area (Å²) in [5.41, 5.74) is 1.92. The number of benzene rings is 2. The summed E-state index contributed by atoms with van der Waals surface area (Å²) >= 11 is 0. The molecule has 3 rings (SSSR count). The van der Waals surface area contributed by atoms with E-state index < -0.39 is 29.8 Å². The van der Waals surface area contributed by atoms with Crippen LogP contribution in [0.5, 0.6) is 11.5 Å². The second kappa shape index (κ2) is 45.1. The van der Waals surface area contributed by atoms with E-state index in [0.717, 1.165) is 0 Å². The third kappa shape index (κ3) is 30.3. The Balaban J connectivity index is 1.79. The Morgan fingerprint density at radius 1 is 0.400 bits per heavy atom. The predicted molar refractivity (Wildman–Crippen MR) is 291 cm³/mol. The van der Waals surface area contributed by atoms with Gasteiger partial charge in [0.25, 0.3) is 5.91 Å². The lowest BCUT2D eigenvalue weighted by atomic mass is 10.1. The number of fused-ring (bicyclic) bond motifs is 2. The molecule has 0 saturated heterocycles. The van der Waals surface area contributed by atoms with Crippen molar-refractivity contribution >= 4 is 52.5 Å². The highest BCUT2D eigenvalue weighted by atomic mass is 16.6. The summed E-state index contributed by atoms with van der Waals surface area (Å²) in [4.78, 5) is 70.8. The third-order valence-electron chi connectivity index (χ3n) is 11.2. The van der Waals surface area contributed by atoms with Gasteiger partial charge in [-0.15, -0.1) is 0 Å². The van der Waals surface area contributed by atoms with Crippen molar-refractivity contribution in [1.82, 2.24) is 0 Å². The molecule has 0 saturated carbocycles. The Labute approximate surface area is 470 Å². The molecule has 0 aromatic heterocycles. The van der Waals surface area contributed by atoms with Crippen LogP contribution in [0.1, 0.15) is 25.7 Å². The van der Waals surface area contributed by atoms with Gasteiger partial charge in [0, 0.05) is 78.1 Å². The van der Waals surface area contributed by atoms with Gasteiger partial charge in [0.15, 0.2) is 11.5 Å². The summed E-state index contributed by atoms with van der Waals surface area (Å²) in [6.07, 6.45) is 0.997. The highest BCUT2D eigenvalue weighted by molar-refractivity contribution is 6.10. The minimum absolute atomic E-state index is 0.0302. The molecule has 0 bridgehead atoms. The third-order valence-corrected chi connectivity index (χ3v) is 11.2. The summed E-state index contributed by atoms with van der Waals surface area (Å²) in [6.45, 7) is 11.5. The first kappa shape index (κ1) is 68.7. The molecule has 1 heterocycles.